The van der Waals surface area contributed by atoms with Crippen molar-refractivity contribution in [3.05, 3.63) is 0 Å². The Hall–Kier alpha value is -0.220. The molecule has 0 aliphatic heterocycles. The topological polar surface area (TPSA) is 52.3 Å². The maximum Gasteiger partial charge on any atom is 0.322 e. The van der Waals surface area contributed by atoms with Crippen LogP contribution in [-0.2, 0) is 9.53 Å². The van der Waals surface area contributed by atoms with Crippen molar-refractivity contribution in [2.45, 2.75) is 25.3 Å². The molecule has 0 radical (unpaired) electrons. The predicted molar refractivity (Wildman–Crippen MR) is 54.7 cm³/mol. The lowest BCUT2D eigenvalue weighted by Crippen LogP contribution is -2.33. The van der Waals surface area contributed by atoms with Crippen LogP contribution in [0.1, 0.15) is 19.3 Å². The van der Waals surface area contributed by atoms with Gasteiger partial charge < -0.3 is 10.5 Å². The molecule has 0 aromatic carbocycles. The molecule has 76 valence electrons. The summed E-state index contributed by atoms with van der Waals surface area (Å²) in [6.45, 7) is 0.575. The van der Waals surface area contributed by atoms with Crippen LogP contribution in [0.2, 0.25) is 0 Å². The van der Waals surface area contributed by atoms with Crippen LogP contribution in [-0.4, -0.2) is 30.6 Å². The van der Waals surface area contributed by atoms with E-state index in [1.54, 1.807) is 11.8 Å². The van der Waals surface area contributed by atoms with Crippen molar-refractivity contribution in [2.75, 3.05) is 18.6 Å². The van der Waals surface area contributed by atoms with Crippen LogP contribution >= 0.6 is 11.8 Å². The minimum absolute atomic E-state index is 0.235. The Morgan fingerprint density at radius 1 is 1.69 bits per heavy atom. The Bertz CT molecular complexity index is 171. The van der Waals surface area contributed by atoms with Gasteiger partial charge in [0.25, 0.3) is 0 Å². The van der Waals surface area contributed by atoms with E-state index >= 15 is 0 Å². The van der Waals surface area contributed by atoms with Crippen molar-refractivity contribution in [3.8, 4) is 0 Å². The molecule has 2 N–H and O–H groups in total. The van der Waals surface area contributed by atoms with Crippen LogP contribution in [0.25, 0.3) is 0 Å². The number of hydrogen-bond acceptors (Lipinski definition) is 4. The third-order valence-corrected chi connectivity index (χ3v) is 2.74. The summed E-state index contributed by atoms with van der Waals surface area (Å²) in [5.41, 5.74) is 5.62. The van der Waals surface area contributed by atoms with Crippen LogP contribution in [0.3, 0.4) is 0 Å². The van der Waals surface area contributed by atoms with Crippen molar-refractivity contribution in [3.63, 3.8) is 0 Å². The van der Waals surface area contributed by atoms with Gasteiger partial charge >= 0.3 is 5.97 Å². The van der Waals surface area contributed by atoms with Gasteiger partial charge in [-0.05, 0) is 37.2 Å². The molecular formula is C9H17NO2S. The average Bonchev–Trinajstić information content (AvgIpc) is 2.93. The summed E-state index contributed by atoms with van der Waals surface area (Å²) < 4.78 is 5.05. The van der Waals surface area contributed by atoms with E-state index in [1.165, 1.54) is 12.8 Å². The lowest BCUT2D eigenvalue weighted by atomic mass is 10.2. The number of rotatable bonds is 6. The summed E-state index contributed by atoms with van der Waals surface area (Å²) in [4.78, 5) is 11.2. The van der Waals surface area contributed by atoms with Crippen molar-refractivity contribution >= 4 is 17.7 Å². The number of nitrogens with two attached hydrogens (primary N) is 1. The fourth-order valence-electron chi connectivity index (χ4n) is 0.954. The fraction of sp³-hybridized carbons (Fsp3) is 0.889. The van der Waals surface area contributed by atoms with E-state index in [2.05, 4.69) is 0 Å². The van der Waals surface area contributed by atoms with Crippen molar-refractivity contribution in [1.29, 1.82) is 0 Å². The first-order valence-corrected chi connectivity index (χ1v) is 6.04. The van der Waals surface area contributed by atoms with E-state index in [9.17, 15) is 4.79 Å². The zero-order chi connectivity index (χ0) is 9.68. The summed E-state index contributed by atoms with van der Waals surface area (Å²) in [5, 5.41) is 0. The third-order valence-electron chi connectivity index (χ3n) is 2.09. The highest BCUT2D eigenvalue weighted by Crippen LogP contribution is 2.28. The van der Waals surface area contributed by atoms with E-state index in [-0.39, 0.29) is 5.97 Å². The first-order chi connectivity index (χ1) is 6.24. The van der Waals surface area contributed by atoms with Gasteiger partial charge in [0, 0.05) is 0 Å². The Kier molecular flexibility index (Phi) is 4.59. The average molecular weight is 203 g/mol. The molecule has 0 heterocycles. The Morgan fingerprint density at radius 3 is 2.92 bits per heavy atom. The largest absolute Gasteiger partial charge is 0.464 e. The molecular weight excluding hydrogens is 186 g/mol. The lowest BCUT2D eigenvalue weighted by Gasteiger charge is -2.09. The summed E-state index contributed by atoms with van der Waals surface area (Å²) in [6.07, 6.45) is 5.12. The summed E-state index contributed by atoms with van der Waals surface area (Å²) >= 11 is 1.70. The van der Waals surface area contributed by atoms with Gasteiger partial charge in [-0.15, -0.1) is 0 Å². The predicted octanol–water partition coefficient (Wildman–Crippen LogP) is 1.02. The zero-order valence-electron chi connectivity index (χ0n) is 7.99. The third kappa shape index (κ3) is 4.52. The van der Waals surface area contributed by atoms with Crippen molar-refractivity contribution in [2.24, 2.45) is 11.7 Å². The second-order valence-electron chi connectivity index (χ2n) is 3.46. The van der Waals surface area contributed by atoms with Gasteiger partial charge in [-0.3, -0.25) is 4.79 Å². The normalized spacial score (nSPS) is 18.3. The number of hydrogen-bond donors (Lipinski definition) is 1. The minimum Gasteiger partial charge on any atom is -0.464 e. The van der Waals surface area contributed by atoms with Gasteiger partial charge in [0.2, 0.25) is 0 Å². The lowest BCUT2D eigenvalue weighted by molar-refractivity contribution is -0.145. The van der Waals surface area contributed by atoms with Gasteiger partial charge in [-0.25, -0.2) is 0 Å². The molecule has 1 aliphatic rings. The van der Waals surface area contributed by atoms with Crippen molar-refractivity contribution in [1.82, 2.24) is 0 Å². The molecule has 13 heavy (non-hydrogen) atoms. The highest BCUT2D eigenvalue weighted by molar-refractivity contribution is 7.98. The second kappa shape index (κ2) is 5.50. The van der Waals surface area contributed by atoms with Gasteiger partial charge in [0.15, 0.2) is 0 Å². The highest BCUT2D eigenvalue weighted by Gasteiger charge is 2.24. The molecule has 3 nitrogen and oxygen atoms in total. The summed E-state index contributed by atoms with van der Waals surface area (Å²) in [5.74, 6) is 1.30. The van der Waals surface area contributed by atoms with E-state index in [4.69, 9.17) is 10.5 Å². The van der Waals surface area contributed by atoms with Gasteiger partial charge in [-0.2, -0.15) is 11.8 Å². The van der Waals surface area contributed by atoms with E-state index in [0.717, 1.165) is 5.75 Å². The molecule has 1 aliphatic carbocycles. The number of carbonyl (C=O) groups is 1. The molecule has 0 bridgehead atoms. The first-order valence-electron chi connectivity index (χ1n) is 4.65. The van der Waals surface area contributed by atoms with Gasteiger partial charge in [-0.1, -0.05) is 0 Å². The molecule has 1 unspecified atom stereocenters. The van der Waals surface area contributed by atoms with Crippen LogP contribution in [0.4, 0.5) is 0 Å². The standard InChI is InChI=1S/C9H17NO2S/c1-13-5-4-8(10)9(11)12-6-7-2-3-7/h7-8H,2-6,10H2,1H3. The first kappa shape index (κ1) is 10.9. The van der Waals surface area contributed by atoms with Gasteiger partial charge in [0.1, 0.15) is 6.04 Å². The molecule has 4 heteroatoms. The number of thioether (sulfide) groups is 1. The maximum atomic E-state index is 11.2. The van der Waals surface area contributed by atoms with Crippen LogP contribution in [0.15, 0.2) is 0 Å². The quantitative estimate of drug-likeness (QED) is 0.655. The molecule has 1 fully saturated rings. The number of ether oxygens (including phenoxy) is 1. The monoisotopic (exact) mass is 203 g/mol. The molecule has 1 saturated carbocycles. The van der Waals surface area contributed by atoms with E-state index < -0.39 is 6.04 Å². The van der Waals surface area contributed by atoms with E-state index in [0.29, 0.717) is 18.9 Å². The second-order valence-corrected chi connectivity index (χ2v) is 4.45. The molecule has 1 atom stereocenters. The Morgan fingerprint density at radius 2 is 2.38 bits per heavy atom. The summed E-state index contributed by atoms with van der Waals surface area (Å²) in [7, 11) is 0. The smallest absolute Gasteiger partial charge is 0.322 e. The number of carbonyl (C=O) groups excluding carboxylic acids is 1. The zero-order valence-corrected chi connectivity index (χ0v) is 8.81. The Balaban J connectivity index is 2.05. The number of esters is 1. The molecule has 0 aromatic heterocycles. The fourth-order valence-corrected chi connectivity index (χ4v) is 1.44. The molecule has 0 amide bonds. The van der Waals surface area contributed by atoms with E-state index in [1.807, 2.05) is 6.26 Å². The molecule has 0 aromatic rings. The minimum atomic E-state index is -0.425. The highest BCUT2D eigenvalue weighted by atomic mass is 32.2. The van der Waals surface area contributed by atoms with Gasteiger partial charge in [0.05, 0.1) is 6.61 Å². The summed E-state index contributed by atoms with van der Waals surface area (Å²) in [6, 6.07) is -0.425. The van der Waals surface area contributed by atoms with Crippen molar-refractivity contribution < 1.29 is 9.53 Å². The molecule has 0 spiro atoms. The van der Waals surface area contributed by atoms with Crippen LogP contribution < -0.4 is 5.73 Å². The van der Waals surface area contributed by atoms with Crippen LogP contribution in [0.5, 0.6) is 0 Å². The Labute approximate surface area is 83.4 Å². The maximum absolute atomic E-state index is 11.2. The van der Waals surface area contributed by atoms with Crippen LogP contribution in [0, 0.1) is 5.92 Å². The molecule has 0 saturated heterocycles. The SMILES string of the molecule is CSCCC(N)C(=O)OCC1CC1. The molecule has 1 rings (SSSR count).